The minimum absolute atomic E-state index is 0.0639. The van der Waals surface area contributed by atoms with Crippen LogP contribution in [0, 0.1) is 5.92 Å². The van der Waals surface area contributed by atoms with E-state index >= 15 is 0 Å². The number of urea groups is 1. The lowest BCUT2D eigenvalue weighted by atomic mass is 10.1. The summed E-state index contributed by atoms with van der Waals surface area (Å²) >= 11 is 5.68. The number of nitrogens with one attached hydrogen (secondary N) is 1. The average molecular weight is 254 g/mol. The van der Waals surface area contributed by atoms with Crippen LogP contribution in [0.1, 0.15) is 20.3 Å². The van der Waals surface area contributed by atoms with Gasteiger partial charge in [-0.1, -0.05) is 18.5 Å². The molecule has 2 rings (SSSR count). The van der Waals surface area contributed by atoms with Crippen LogP contribution < -0.4 is 5.32 Å². The van der Waals surface area contributed by atoms with Crippen LogP contribution in [-0.4, -0.2) is 28.5 Å². The highest BCUT2D eigenvalue weighted by Crippen LogP contribution is 2.24. The van der Waals surface area contributed by atoms with Gasteiger partial charge in [-0.3, -0.25) is 0 Å². The zero-order valence-corrected chi connectivity index (χ0v) is 10.7. The lowest BCUT2D eigenvalue weighted by Gasteiger charge is -2.23. The maximum Gasteiger partial charge on any atom is 0.322 e. The molecule has 1 saturated heterocycles. The van der Waals surface area contributed by atoms with Gasteiger partial charge in [0, 0.05) is 12.6 Å². The van der Waals surface area contributed by atoms with Crippen LogP contribution in [0.3, 0.4) is 0 Å². The number of nitrogens with zero attached hydrogens (tertiary/aromatic N) is 2. The Morgan fingerprint density at radius 2 is 2.29 bits per heavy atom. The van der Waals surface area contributed by atoms with Crippen molar-refractivity contribution in [2.45, 2.75) is 26.3 Å². The number of carbonyl (C=O) groups excluding carboxylic acids is 1. The minimum atomic E-state index is -0.0639. The molecule has 2 unspecified atom stereocenters. The minimum Gasteiger partial charge on any atom is -0.322 e. The lowest BCUT2D eigenvalue weighted by molar-refractivity contribution is 0.205. The number of likely N-dealkylation sites (tertiary alicyclic amines) is 1. The molecule has 1 aliphatic rings. The van der Waals surface area contributed by atoms with Gasteiger partial charge in [-0.25, -0.2) is 9.78 Å². The molecule has 17 heavy (non-hydrogen) atoms. The second-order valence-electron chi connectivity index (χ2n) is 4.50. The van der Waals surface area contributed by atoms with Crippen LogP contribution >= 0.6 is 11.6 Å². The van der Waals surface area contributed by atoms with Crippen LogP contribution in [0.2, 0.25) is 5.15 Å². The first-order valence-corrected chi connectivity index (χ1v) is 6.15. The summed E-state index contributed by atoms with van der Waals surface area (Å²) in [5.74, 6) is 0.559. The van der Waals surface area contributed by atoms with Gasteiger partial charge in [0.15, 0.2) is 0 Å². The maximum absolute atomic E-state index is 12.0. The van der Waals surface area contributed by atoms with Gasteiger partial charge in [0.05, 0.1) is 11.9 Å². The predicted octanol–water partition coefficient (Wildman–Crippen LogP) is 3.00. The molecule has 0 bridgehead atoms. The summed E-state index contributed by atoms with van der Waals surface area (Å²) < 4.78 is 0. The van der Waals surface area contributed by atoms with Gasteiger partial charge in [-0.15, -0.1) is 0 Å². The van der Waals surface area contributed by atoms with Gasteiger partial charge in [0.25, 0.3) is 0 Å². The quantitative estimate of drug-likeness (QED) is 0.782. The number of pyridine rings is 1. The molecule has 1 N–H and O–H groups in total. The number of halogens is 1. The first-order chi connectivity index (χ1) is 8.08. The van der Waals surface area contributed by atoms with Crippen molar-refractivity contribution < 1.29 is 4.79 Å². The highest BCUT2D eigenvalue weighted by Gasteiger charge is 2.30. The van der Waals surface area contributed by atoms with Crippen molar-refractivity contribution in [3.63, 3.8) is 0 Å². The van der Waals surface area contributed by atoms with E-state index in [0.29, 0.717) is 16.8 Å². The maximum atomic E-state index is 12.0. The molecule has 1 aliphatic heterocycles. The highest BCUT2D eigenvalue weighted by atomic mass is 35.5. The van der Waals surface area contributed by atoms with Crippen molar-refractivity contribution in [3.05, 3.63) is 23.5 Å². The van der Waals surface area contributed by atoms with E-state index in [9.17, 15) is 4.79 Å². The Balaban J connectivity index is 2.00. The van der Waals surface area contributed by atoms with E-state index in [2.05, 4.69) is 24.1 Å². The second kappa shape index (κ2) is 4.92. The van der Waals surface area contributed by atoms with E-state index in [1.54, 1.807) is 18.3 Å². The fourth-order valence-electron chi connectivity index (χ4n) is 2.03. The standard InChI is InChI=1S/C12H16ClN3O/c1-8-5-6-16(9(8)2)12(17)15-10-3-4-11(13)14-7-10/h3-4,7-9H,5-6H2,1-2H3,(H,15,17). The highest BCUT2D eigenvalue weighted by molar-refractivity contribution is 6.29. The summed E-state index contributed by atoms with van der Waals surface area (Å²) in [5.41, 5.74) is 0.672. The van der Waals surface area contributed by atoms with Crippen molar-refractivity contribution in [3.8, 4) is 0 Å². The molecule has 2 amide bonds. The molecule has 0 aliphatic carbocycles. The Morgan fingerprint density at radius 1 is 1.53 bits per heavy atom. The Hall–Kier alpha value is -1.29. The number of rotatable bonds is 1. The van der Waals surface area contributed by atoms with Gasteiger partial charge in [0.1, 0.15) is 5.15 Å². The number of anilines is 1. The zero-order chi connectivity index (χ0) is 12.4. The SMILES string of the molecule is CC1CCN(C(=O)Nc2ccc(Cl)nc2)C1C. The molecule has 2 atom stereocenters. The van der Waals surface area contributed by atoms with Crippen molar-refractivity contribution in [2.75, 3.05) is 11.9 Å². The third-order valence-corrected chi connectivity index (χ3v) is 3.60. The summed E-state index contributed by atoms with van der Waals surface area (Å²) in [6.07, 6.45) is 2.62. The molecule has 0 aromatic carbocycles. The third kappa shape index (κ3) is 2.69. The van der Waals surface area contributed by atoms with Crippen molar-refractivity contribution in [1.82, 2.24) is 9.88 Å². The Kier molecular flexibility index (Phi) is 3.52. The zero-order valence-electron chi connectivity index (χ0n) is 9.98. The predicted molar refractivity (Wildman–Crippen MR) is 68.2 cm³/mol. The smallest absolute Gasteiger partial charge is 0.322 e. The van der Waals surface area contributed by atoms with Crippen LogP contribution in [0.15, 0.2) is 18.3 Å². The second-order valence-corrected chi connectivity index (χ2v) is 4.89. The van der Waals surface area contributed by atoms with E-state index < -0.39 is 0 Å². The summed E-state index contributed by atoms with van der Waals surface area (Å²) in [6, 6.07) is 3.63. The number of carbonyl (C=O) groups is 1. The molecule has 1 aromatic heterocycles. The van der Waals surface area contributed by atoms with Gasteiger partial charge in [-0.2, -0.15) is 0 Å². The van der Waals surface area contributed by atoms with E-state index in [-0.39, 0.29) is 12.1 Å². The van der Waals surface area contributed by atoms with Gasteiger partial charge in [-0.05, 0) is 31.4 Å². The van der Waals surface area contributed by atoms with Crippen LogP contribution in [0.4, 0.5) is 10.5 Å². The molecule has 2 heterocycles. The first kappa shape index (κ1) is 12.2. The van der Waals surface area contributed by atoms with Gasteiger partial charge >= 0.3 is 6.03 Å². The molecule has 1 aromatic rings. The Bertz CT molecular complexity index is 407. The van der Waals surface area contributed by atoms with Gasteiger partial charge in [0.2, 0.25) is 0 Å². The average Bonchev–Trinajstić information content (AvgIpc) is 2.63. The molecule has 0 radical (unpaired) electrons. The third-order valence-electron chi connectivity index (χ3n) is 3.38. The van der Waals surface area contributed by atoms with E-state index in [1.807, 2.05) is 4.90 Å². The van der Waals surface area contributed by atoms with E-state index in [4.69, 9.17) is 11.6 Å². The lowest BCUT2D eigenvalue weighted by Crippen LogP contribution is -2.38. The van der Waals surface area contributed by atoms with Crippen molar-refractivity contribution >= 4 is 23.3 Å². The molecule has 5 heteroatoms. The summed E-state index contributed by atoms with van der Waals surface area (Å²) in [5, 5.41) is 3.25. The molecular weight excluding hydrogens is 238 g/mol. The van der Waals surface area contributed by atoms with E-state index in [0.717, 1.165) is 13.0 Å². The Labute approximate surface area is 106 Å². The fourth-order valence-corrected chi connectivity index (χ4v) is 2.14. The van der Waals surface area contributed by atoms with Crippen LogP contribution in [0.25, 0.3) is 0 Å². The molecule has 92 valence electrons. The summed E-state index contributed by atoms with van der Waals surface area (Å²) in [7, 11) is 0. The molecule has 0 saturated carbocycles. The summed E-state index contributed by atoms with van der Waals surface area (Å²) in [6.45, 7) is 5.06. The number of amides is 2. The van der Waals surface area contributed by atoms with Crippen molar-refractivity contribution in [2.24, 2.45) is 5.92 Å². The van der Waals surface area contributed by atoms with Crippen molar-refractivity contribution in [1.29, 1.82) is 0 Å². The normalized spacial score (nSPS) is 23.8. The fraction of sp³-hybridized carbons (Fsp3) is 0.500. The monoisotopic (exact) mass is 253 g/mol. The topological polar surface area (TPSA) is 45.2 Å². The van der Waals surface area contributed by atoms with E-state index in [1.165, 1.54) is 0 Å². The molecular formula is C12H16ClN3O. The Morgan fingerprint density at radius 3 is 2.82 bits per heavy atom. The largest absolute Gasteiger partial charge is 0.322 e. The number of aromatic nitrogens is 1. The van der Waals surface area contributed by atoms with Crippen LogP contribution in [0.5, 0.6) is 0 Å². The number of hydrogen-bond donors (Lipinski definition) is 1. The number of hydrogen-bond acceptors (Lipinski definition) is 2. The van der Waals surface area contributed by atoms with Crippen LogP contribution in [-0.2, 0) is 0 Å². The molecule has 1 fully saturated rings. The summed E-state index contributed by atoms with van der Waals surface area (Å²) in [4.78, 5) is 17.8. The first-order valence-electron chi connectivity index (χ1n) is 5.77. The van der Waals surface area contributed by atoms with Gasteiger partial charge < -0.3 is 10.2 Å². The molecule has 0 spiro atoms. The molecule has 4 nitrogen and oxygen atoms in total.